The molecule has 0 amide bonds. The summed E-state index contributed by atoms with van der Waals surface area (Å²) in [5, 5.41) is 0. The standard InChI is InChI=1S/C11H14IN/c12-9-4-1-3-8(7-9)10-5-2-6-11(10)13/h1,3-4,7,10-11H,2,5-6,13H2/t10-,11+/m1/s1. The van der Waals surface area contributed by atoms with Crippen molar-refractivity contribution >= 4 is 22.6 Å². The Balaban J connectivity index is 2.24. The molecule has 2 N–H and O–H groups in total. The van der Waals surface area contributed by atoms with E-state index in [0.29, 0.717) is 12.0 Å². The second-order valence-electron chi connectivity index (χ2n) is 3.76. The molecule has 1 nitrogen and oxygen atoms in total. The number of hydrogen-bond acceptors (Lipinski definition) is 1. The molecule has 2 heteroatoms. The van der Waals surface area contributed by atoms with Crippen LogP contribution in [0, 0.1) is 3.57 Å². The molecule has 0 aromatic heterocycles. The lowest BCUT2D eigenvalue weighted by molar-refractivity contribution is 0.613. The van der Waals surface area contributed by atoms with Gasteiger partial charge in [-0.1, -0.05) is 18.6 Å². The number of halogens is 1. The van der Waals surface area contributed by atoms with Gasteiger partial charge in [0.25, 0.3) is 0 Å². The molecule has 0 saturated heterocycles. The minimum absolute atomic E-state index is 0.387. The van der Waals surface area contributed by atoms with Gasteiger partial charge in [-0.2, -0.15) is 0 Å². The van der Waals surface area contributed by atoms with Crippen LogP contribution >= 0.6 is 22.6 Å². The summed E-state index contributed by atoms with van der Waals surface area (Å²) < 4.78 is 1.31. The van der Waals surface area contributed by atoms with Crippen molar-refractivity contribution in [3.05, 3.63) is 33.4 Å². The van der Waals surface area contributed by atoms with Gasteiger partial charge in [-0.3, -0.25) is 0 Å². The van der Waals surface area contributed by atoms with Gasteiger partial charge in [0.05, 0.1) is 0 Å². The topological polar surface area (TPSA) is 26.0 Å². The van der Waals surface area contributed by atoms with Gasteiger partial charge in [-0.15, -0.1) is 0 Å². The Hall–Kier alpha value is -0.0900. The van der Waals surface area contributed by atoms with E-state index in [9.17, 15) is 0 Å². The van der Waals surface area contributed by atoms with E-state index in [4.69, 9.17) is 5.73 Å². The summed E-state index contributed by atoms with van der Waals surface area (Å²) in [5.41, 5.74) is 7.49. The molecule has 1 aromatic rings. The highest BCUT2D eigenvalue weighted by molar-refractivity contribution is 14.1. The van der Waals surface area contributed by atoms with Crippen LogP contribution in [-0.2, 0) is 0 Å². The van der Waals surface area contributed by atoms with E-state index in [0.717, 1.165) is 0 Å². The van der Waals surface area contributed by atoms with Crippen LogP contribution in [0.2, 0.25) is 0 Å². The summed E-state index contributed by atoms with van der Waals surface area (Å²) in [5.74, 6) is 0.606. The van der Waals surface area contributed by atoms with Gasteiger partial charge in [0.15, 0.2) is 0 Å². The first-order valence-corrected chi connectivity index (χ1v) is 5.86. The third-order valence-electron chi connectivity index (χ3n) is 2.85. The maximum atomic E-state index is 6.06. The van der Waals surface area contributed by atoms with Gasteiger partial charge in [0.2, 0.25) is 0 Å². The van der Waals surface area contributed by atoms with Gasteiger partial charge in [0, 0.05) is 9.61 Å². The van der Waals surface area contributed by atoms with Crippen LogP contribution in [0.3, 0.4) is 0 Å². The van der Waals surface area contributed by atoms with E-state index in [2.05, 4.69) is 46.9 Å². The second-order valence-corrected chi connectivity index (χ2v) is 5.00. The average molecular weight is 287 g/mol. The molecule has 1 fully saturated rings. The van der Waals surface area contributed by atoms with Crippen molar-refractivity contribution in [3.8, 4) is 0 Å². The smallest absolute Gasteiger partial charge is 0.0133 e. The zero-order valence-electron chi connectivity index (χ0n) is 7.54. The lowest BCUT2D eigenvalue weighted by atomic mass is 9.95. The fourth-order valence-corrected chi connectivity index (χ4v) is 2.71. The van der Waals surface area contributed by atoms with Crippen LogP contribution in [0.5, 0.6) is 0 Å². The summed E-state index contributed by atoms with van der Waals surface area (Å²) >= 11 is 2.36. The van der Waals surface area contributed by atoms with Gasteiger partial charge >= 0.3 is 0 Å². The van der Waals surface area contributed by atoms with Crippen LogP contribution in [0.15, 0.2) is 24.3 Å². The zero-order valence-corrected chi connectivity index (χ0v) is 9.70. The van der Waals surface area contributed by atoms with Crippen molar-refractivity contribution < 1.29 is 0 Å². The van der Waals surface area contributed by atoms with Crippen molar-refractivity contribution in [1.29, 1.82) is 0 Å². The normalized spacial score (nSPS) is 27.8. The van der Waals surface area contributed by atoms with E-state index in [1.165, 1.54) is 28.4 Å². The fourth-order valence-electron chi connectivity index (χ4n) is 2.14. The van der Waals surface area contributed by atoms with E-state index in [-0.39, 0.29) is 0 Å². The Morgan fingerprint density at radius 1 is 1.31 bits per heavy atom. The first-order chi connectivity index (χ1) is 6.27. The fraction of sp³-hybridized carbons (Fsp3) is 0.455. The molecular weight excluding hydrogens is 273 g/mol. The number of rotatable bonds is 1. The molecule has 0 unspecified atom stereocenters. The quantitative estimate of drug-likeness (QED) is 0.790. The molecule has 0 heterocycles. The molecule has 1 aliphatic carbocycles. The largest absolute Gasteiger partial charge is 0.327 e. The van der Waals surface area contributed by atoms with Crippen molar-refractivity contribution in [1.82, 2.24) is 0 Å². The predicted molar refractivity (Wildman–Crippen MR) is 63.7 cm³/mol. The Bertz CT molecular complexity index is 298. The lowest BCUT2D eigenvalue weighted by Gasteiger charge is -2.15. The van der Waals surface area contributed by atoms with Crippen molar-refractivity contribution in [2.45, 2.75) is 31.2 Å². The number of nitrogens with two attached hydrogens (primary N) is 1. The summed E-state index contributed by atoms with van der Waals surface area (Å²) in [6.07, 6.45) is 3.74. The molecule has 2 rings (SSSR count). The van der Waals surface area contributed by atoms with E-state index in [1.54, 1.807) is 0 Å². The molecular formula is C11H14IN. The van der Waals surface area contributed by atoms with Crippen LogP contribution < -0.4 is 5.73 Å². The van der Waals surface area contributed by atoms with Gasteiger partial charge in [-0.25, -0.2) is 0 Å². The second kappa shape index (κ2) is 3.96. The van der Waals surface area contributed by atoms with Crippen molar-refractivity contribution in [3.63, 3.8) is 0 Å². The van der Waals surface area contributed by atoms with E-state index >= 15 is 0 Å². The molecule has 0 spiro atoms. The van der Waals surface area contributed by atoms with Crippen molar-refractivity contribution in [2.75, 3.05) is 0 Å². The molecule has 1 aliphatic rings. The molecule has 70 valence electrons. The highest BCUT2D eigenvalue weighted by Crippen LogP contribution is 2.33. The van der Waals surface area contributed by atoms with Gasteiger partial charge < -0.3 is 5.73 Å². The van der Waals surface area contributed by atoms with Gasteiger partial charge in [-0.05, 0) is 59.0 Å². The maximum Gasteiger partial charge on any atom is 0.0133 e. The molecule has 13 heavy (non-hydrogen) atoms. The average Bonchev–Trinajstić information content (AvgIpc) is 2.51. The Labute approximate surface area is 92.9 Å². The lowest BCUT2D eigenvalue weighted by Crippen LogP contribution is -2.22. The van der Waals surface area contributed by atoms with E-state index < -0.39 is 0 Å². The molecule has 0 aliphatic heterocycles. The third-order valence-corrected chi connectivity index (χ3v) is 3.52. The summed E-state index contributed by atoms with van der Waals surface area (Å²) in [7, 11) is 0. The summed E-state index contributed by atoms with van der Waals surface area (Å²) in [4.78, 5) is 0. The van der Waals surface area contributed by atoms with Crippen LogP contribution in [0.25, 0.3) is 0 Å². The molecule has 0 radical (unpaired) electrons. The van der Waals surface area contributed by atoms with Crippen LogP contribution in [0.1, 0.15) is 30.7 Å². The monoisotopic (exact) mass is 287 g/mol. The van der Waals surface area contributed by atoms with Crippen molar-refractivity contribution in [2.24, 2.45) is 5.73 Å². The van der Waals surface area contributed by atoms with Crippen LogP contribution in [-0.4, -0.2) is 6.04 Å². The SMILES string of the molecule is N[C@H]1CCC[C@@H]1c1cccc(I)c1. The zero-order chi connectivity index (χ0) is 9.26. The van der Waals surface area contributed by atoms with Crippen LogP contribution in [0.4, 0.5) is 0 Å². The van der Waals surface area contributed by atoms with Gasteiger partial charge in [0.1, 0.15) is 0 Å². The minimum atomic E-state index is 0.387. The Morgan fingerprint density at radius 2 is 2.15 bits per heavy atom. The summed E-state index contributed by atoms with van der Waals surface area (Å²) in [6.45, 7) is 0. The predicted octanol–water partition coefficient (Wildman–Crippen LogP) is 2.89. The Kier molecular flexibility index (Phi) is 2.89. The minimum Gasteiger partial charge on any atom is -0.327 e. The molecule has 2 atom stereocenters. The molecule has 0 bridgehead atoms. The Morgan fingerprint density at radius 3 is 2.77 bits per heavy atom. The summed E-state index contributed by atoms with van der Waals surface area (Å²) in [6, 6.07) is 9.11. The molecule has 1 aromatic carbocycles. The molecule has 1 saturated carbocycles. The first-order valence-electron chi connectivity index (χ1n) is 4.78. The highest BCUT2D eigenvalue weighted by atomic mass is 127. The third kappa shape index (κ3) is 2.05. The van der Waals surface area contributed by atoms with E-state index in [1.807, 2.05) is 0 Å². The first kappa shape index (κ1) is 9.46. The maximum absolute atomic E-state index is 6.06. The highest BCUT2D eigenvalue weighted by Gasteiger charge is 2.25. The number of hydrogen-bond donors (Lipinski definition) is 1. The number of benzene rings is 1.